The minimum absolute atomic E-state index is 0.104. The first-order valence-corrected chi connectivity index (χ1v) is 11.0. The van der Waals surface area contributed by atoms with E-state index in [1.54, 1.807) is 4.90 Å². The van der Waals surface area contributed by atoms with Crippen LogP contribution in [0.5, 0.6) is 0 Å². The van der Waals surface area contributed by atoms with E-state index in [0.29, 0.717) is 25.9 Å². The number of carbonyl (C=O) groups is 1. The van der Waals surface area contributed by atoms with Crippen LogP contribution in [0.4, 0.5) is 13.2 Å². The fourth-order valence-corrected chi connectivity index (χ4v) is 7.52. The lowest BCUT2D eigenvalue weighted by Crippen LogP contribution is -2.41. The van der Waals surface area contributed by atoms with Crippen LogP contribution >= 0.6 is 0 Å². The number of nitrogens with zero attached hydrogens (tertiary/aromatic N) is 4. The molecule has 0 radical (unpaired) electrons. The second-order valence-electron chi connectivity index (χ2n) is 7.93. The number of aromatic nitrogens is 3. The molecule has 4 atom stereocenters. The third-order valence-corrected chi connectivity index (χ3v) is 8.49. The minimum Gasteiger partial charge on any atom is -0.336 e. The molecule has 8 nitrogen and oxygen atoms in total. The SMILES string of the molecule is O=C(c1cn[nH]n1)N1C[C@@H]2[C@H](C1)[C@@H]1CC[C@H]2N1S(=O)(=O)c1ccccc1C(F)(F)F. The van der Waals surface area contributed by atoms with Crippen LogP contribution in [0.25, 0.3) is 0 Å². The zero-order valence-corrected chi connectivity index (χ0v) is 16.4. The number of benzene rings is 1. The standard InChI is InChI=1S/C18H18F3N5O3S/c19-18(20,21)12-3-1-2-4-16(12)30(28,29)26-14-5-6-15(26)11-9-25(8-10(11)14)17(27)13-7-22-24-23-13/h1-4,7,10-11,14-15H,5-6,8-9H2,(H,22,23,24)/t10-,11+,14-,15+. The van der Waals surface area contributed by atoms with Gasteiger partial charge in [-0.05, 0) is 36.8 Å². The summed E-state index contributed by atoms with van der Waals surface area (Å²) >= 11 is 0. The topological polar surface area (TPSA) is 99.3 Å². The molecule has 0 aliphatic carbocycles. The summed E-state index contributed by atoms with van der Waals surface area (Å²) in [7, 11) is -4.33. The van der Waals surface area contributed by atoms with Crippen molar-refractivity contribution in [3.63, 3.8) is 0 Å². The maximum absolute atomic E-state index is 13.4. The molecule has 2 aromatic rings. The smallest absolute Gasteiger partial charge is 0.336 e. The molecular formula is C18H18F3N5O3S. The third-order valence-electron chi connectivity index (χ3n) is 6.48. The second kappa shape index (κ2) is 6.51. The number of rotatable bonds is 3. The van der Waals surface area contributed by atoms with E-state index in [-0.39, 0.29) is 23.4 Å². The van der Waals surface area contributed by atoms with Gasteiger partial charge in [0.05, 0.1) is 16.7 Å². The molecule has 1 N–H and O–H groups in total. The van der Waals surface area contributed by atoms with Crippen LogP contribution in [0.15, 0.2) is 35.4 Å². The molecule has 160 valence electrons. The van der Waals surface area contributed by atoms with Crippen molar-refractivity contribution in [2.75, 3.05) is 13.1 Å². The van der Waals surface area contributed by atoms with Crippen molar-refractivity contribution in [1.82, 2.24) is 24.6 Å². The van der Waals surface area contributed by atoms with E-state index in [1.165, 1.54) is 22.6 Å². The number of aromatic amines is 1. The van der Waals surface area contributed by atoms with Crippen molar-refractivity contribution in [2.45, 2.75) is 36.0 Å². The fourth-order valence-electron chi connectivity index (χ4n) is 5.34. The van der Waals surface area contributed by atoms with Crippen LogP contribution < -0.4 is 0 Å². The van der Waals surface area contributed by atoms with E-state index in [9.17, 15) is 26.4 Å². The number of carbonyl (C=O) groups excluding carboxylic acids is 1. The zero-order valence-electron chi connectivity index (χ0n) is 15.6. The predicted octanol–water partition coefficient (Wildman–Crippen LogP) is 1.75. The summed E-state index contributed by atoms with van der Waals surface area (Å²) in [5.74, 6) is -0.491. The van der Waals surface area contributed by atoms with E-state index in [2.05, 4.69) is 15.4 Å². The van der Waals surface area contributed by atoms with E-state index in [0.717, 1.165) is 12.1 Å². The van der Waals surface area contributed by atoms with E-state index < -0.39 is 38.7 Å². The molecule has 3 fully saturated rings. The Hall–Kier alpha value is -2.47. The molecule has 2 bridgehead atoms. The first-order chi connectivity index (χ1) is 14.2. The normalized spacial score (nSPS) is 28.8. The fraction of sp³-hybridized carbons (Fsp3) is 0.500. The summed E-state index contributed by atoms with van der Waals surface area (Å²) in [5.41, 5.74) is -0.963. The number of H-pyrrole nitrogens is 1. The average molecular weight is 441 g/mol. The Morgan fingerprint density at radius 3 is 2.30 bits per heavy atom. The Morgan fingerprint density at radius 2 is 1.73 bits per heavy atom. The molecule has 3 aliphatic heterocycles. The van der Waals surface area contributed by atoms with Gasteiger partial charge in [0.15, 0.2) is 5.69 Å². The van der Waals surface area contributed by atoms with E-state index in [1.807, 2.05) is 0 Å². The Balaban J connectivity index is 1.44. The average Bonchev–Trinajstić information content (AvgIpc) is 3.48. The maximum atomic E-state index is 13.4. The summed E-state index contributed by atoms with van der Waals surface area (Å²) in [6.07, 6.45) is -2.29. The molecule has 0 saturated carbocycles. The number of nitrogens with one attached hydrogen (secondary N) is 1. The van der Waals surface area contributed by atoms with Gasteiger partial charge < -0.3 is 4.90 Å². The summed E-state index contributed by atoms with van der Waals surface area (Å²) in [6, 6.07) is 3.47. The first kappa shape index (κ1) is 19.5. The van der Waals surface area contributed by atoms with Crippen LogP contribution in [0, 0.1) is 11.8 Å². The van der Waals surface area contributed by atoms with Gasteiger partial charge in [-0.3, -0.25) is 4.79 Å². The summed E-state index contributed by atoms with van der Waals surface area (Å²) in [4.78, 5) is 13.5. The van der Waals surface area contributed by atoms with Crippen LogP contribution in [-0.4, -0.2) is 64.1 Å². The summed E-state index contributed by atoms with van der Waals surface area (Å²) in [5, 5.41) is 9.82. The van der Waals surface area contributed by atoms with Crippen molar-refractivity contribution in [1.29, 1.82) is 0 Å². The van der Waals surface area contributed by atoms with Gasteiger partial charge in [-0.15, -0.1) is 0 Å². The number of fused-ring (bicyclic) bond motifs is 5. The molecule has 3 saturated heterocycles. The molecule has 30 heavy (non-hydrogen) atoms. The van der Waals surface area contributed by atoms with Crippen LogP contribution in [0.3, 0.4) is 0 Å². The second-order valence-corrected chi connectivity index (χ2v) is 9.75. The number of sulfonamides is 1. The first-order valence-electron chi connectivity index (χ1n) is 9.54. The van der Waals surface area contributed by atoms with Crippen molar-refractivity contribution in [3.8, 4) is 0 Å². The highest BCUT2D eigenvalue weighted by molar-refractivity contribution is 7.89. The molecule has 1 amide bonds. The Kier molecular flexibility index (Phi) is 4.23. The monoisotopic (exact) mass is 441 g/mol. The third kappa shape index (κ3) is 2.77. The van der Waals surface area contributed by atoms with Gasteiger partial charge in [-0.25, -0.2) is 8.42 Å². The molecular weight excluding hydrogens is 423 g/mol. The molecule has 1 aromatic carbocycles. The van der Waals surface area contributed by atoms with Gasteiger partial charge in [-0.2, -0.15) is 32.9 Å². The van der Waals surface area contributed by atoms with Crippen LogP contribution in [-0.2, 0) is 16.2 Å². The molecule has 0 unspecified atom stereocenters. The lowest BCUT2D eigenvalue weighted by Gasteiger charge is -2.27. The number of hydrogen-bond acceptors (Lipinski definition) is 5. The molecule has 12 heteroatoms. The zero-order chi connectivity index (χ0) is 21.3. The van der Waals surface area contributed by atoms with E-state index >= 15 is 0 Å². The highest BCUT2D eigenvalue weighted by atomic mass is 32.2. The summed E-state index contributed by atoms with van der Waals surface area (Å²) in [6.45, 7) is 0.703. The molecule has 4 heterocycles. The number of likely N-dealkylation sites (tertiary alicyclic amines) is 1. The molecule has 1 aromatic heterocycles. The Labute approximate surface area is 170 Å². The highest BCUT2D eigenvalue weighted by Crippen LogP contribution is 2.52. The molecule has 3 aliphatic rings. The minimum atomic E-state index is -4.76. The lowest BCUT2D eigenvalue weighted by atomic mass is 9.82. The van der Waals surface area contributed by atoms with Crippen molar-refractivity contribution in [2.24, 2.45) is 11.8 Å². The Morgan fingerprint density at radius 1 is 1.10 bits per heavy atom. The highest BCUT2D eigenvalue weighted by Gasteiger charge is 2.61. The van der Waals surface area contributed by atoms with Gasteiger partial charge >= 0.3 is 6.18 Å². The number of halogens is 3. The quantitative estimate of drug-likeness (QED) is 0.783. The van der Waals surface area contributed by atoms with E-state index in [4.69, 9.17) is 0 Å². The number of alkyl halides is 3. The van der Waals surface area contributed by atoms with Crippen LogP contribution in [0.2, 0.25) is 0 Å². The number of hydrogen-bond donors (Lipinski definition) is 1. The molecule has 0 spiro atoms. The van der Waals surface area contributed by atoms with Crippen molar-refractivity contribution < 1.29 is 26.4 Å². The molecule has 5 rings (SSSR count). The number of amides is 1. The van der Waals surface area contributed by atoms with Gasteiger partial charge in [0, 0.05) is 25.2 Å². The van der Waals surface area contributed by atoms with Gasteiger partial charge in [0.2, 0.25) is 10.0 Å². The largest absolute Gasteiger partial charge is 0.417 e. The predicted molar refractivity (Wildman–Crippen MR) is 96.5 cm³/mol. The van der Waals surface area contributed by atoms with Gasteiger partial charge in [-0.1, -0.05) is 12.1 Å². The lowest BCUT2D eigenvalue weighted by molar-refractivity contribution is -0.139. The Bertz CT molecular complexity index is 1070. The summed E-state index contributed by atoms with van der Waals surface area (Å²) < 4.78 is 68.2. The van der Waals surface area contributed by atoms with Crippen LogP contribution in [0.1, 0.15) is 28.9 Å². The van der Waals surface area contributed by atoms with Crippen molar-refractivity contribution in [3.05, 3.63) is 41.7 Å². The maximum Gasteiger partial charge on any atom is 0.417 e. The van der Waals surface area contributed by atoms with Crippen molar-refractivity contribution >= 4 is 15.9 Å². The van der Waals surface area contributed by atoms with Gasteiger partial charge in [0.25, 0.3) is 5.91 Å². The van der Waals surface area contributed by atoms with Gasteiger partial charge in [0.1, 0.15) is 0 Å².